The summed E-state index contributed by atoms with van der Waals surface area (Å²) in [7, 11) is -4.04. The van der Waals surface area contributed by atoms with Gasteiger partial charge in [-0.15, -0.1) is 4.83 Å². The molecule has 9 nitrogen and oxygen atoms in total. The highest BCUT2D eigenvalue weighted by Gasteiger charge is 2.19. The first-order valence-electron chi connectivity index (χ1n) is 10.5. The van der Waals surface area contributed by atoms with Crippen LogP contribution in [-0.4, -0.2) is 26.1 Å². The number of sulfonamides is 1. The largest absolute Gasteiger partial charge is 0.326 e. The molecule has 0 bridgehead atoms. The normalized spacial score (nSPS) is 11.4. The molecular formula is C25H24N4O5S. The van der Waals surface area contributed by atoms with Crippen molar-refractivity contribution in [3.8, 4) is 0 Å². The molecule has 180 valence electrons. The second-order valence-electron chi connectivity index (χ2n) is 7.55. The number of carbonyl (C=O) groups excluding carboxylic acids is 3. The molecule has 0 fully saturated rings. The zero-order chi connectivity index (χ0) is 25.4. The lowest BCUT2D eigenvalue weighted by Crippen LogP contribution is -2.45. The number of benzene rings is 3. The van der Waals surface area contributed by atoms with E-state index < -0.39 is 21.8 Å². The maximum atomic E-state index is 12.9. The third-order valence-electron chi connectivity index (χ3n) is 4.70. The molecule has 0 saturated heterocycles. The maximum Gasteiger partial charge on any atom is 0.282 e. The van der Waals surface area contributed by atoms with Gasteiger partial charge in [0.2, 0.25) is 5.91 Å². The molecule has 0 heterocycles. The lowest BCUT2D eigenvalue weighted by Gasteiger charge is -2.13. The number of carbonyl (C=O) groups is 3. The van der Waals surface area contributed by atoms with Crippen molar-refractivity contribution in [3.05, 3.63) is 101 Å². The Morgan fingerprint density at radius 3 is 2.06 bits per heavy atom. The first kappa shape index (κ1) is 25.3. The molecule has 3 aromatic carbocycles. The van der Waals surface area contributed by atoms with Crippen LogP contribution in [0.1, 0.15) is 28.4 Å². The Balaban J connectivity index is 1.83. The van der Waals surface area contributed by atoms with E-state index in [1.165, 1.54) is 25.1 Å². The molecule has 0 aliphatic heterocycles. The Kier molecular flexibility index (Phi) is 8.13. The average Bonchev–Trinajstić information content (AvgIpc) is 2.84. The van der Waals surface area contributed by atoms with E-state index >= 15 is 0 Å². The fourth-order valence-corrected chi connectivity index (χ4v) is 3.77. The van der Waals surface area contributed by atoms with Crippen LogP contribution in [0.25, 0.3) is 6.08 Å². The number of aryl methyl sites for hydroxylation is 1. The van der Waals surface area contributed by atoms with Crippen molar-refractivity contribution in [1.29, 1.82) is 0 Å². The summed E-state index contributed by atoms with van der Waals surface area (Å²) in [5, 5.41) is 5.15. The second-order valence-corrected chi connectivity index (χ2v) is 9.24. The minimum Gasteiger partial charge on any atom is -0.326 e. The fourth-order valence-electron chi connectivity index (χ4n) is 2.93. The van der Waals surface area contributed by atoms with Gasteiger partial charge in [-0.3, -0.25) is 19.8 Å². The van der Waals surface area contributed by atoms with Crippen molar-refractivity contribution in [2.75, 3.05) is 5.32 Å². The van der Waals surface area contributed by atoms with Gasteiger partial charge < -0.3 is 10.6 Å². The summed E-state index contributed by atoms with van der Waals surface area (Å²) in [6.07, 6.45) is 1.38. The highest BCUT2D eigenvalue weighted by Crippen LogP contribution is 2.13. The predicted octanol–water partition coefficient (Wildman–Crippen LogP) is 2.73. The average molecular weight is 493 g/mol. The smallest absolute Gasteiger partial charge is 0.282 e. The Bertz CT molecular complexity index is 1350. The minimum absolute atomic E-state index is 0.0317. The Labute approximate surface area is 203 Å². The fraction of sp³-hybridized carbons (Fsp3) is 0.0800. The quantitative estimate of drug-likeness (QED) is 0.283. The van der Waals surface area contributed by atoms with Crippen molar-refractivity contribution < 1.29 is 22.8 Å². The topological polar surface area (TPSA) is 133 Å². The van der Waals surface area contributed by atoms with E-state index in [0.29, 0.717) is 16.8 Å². The molecule has 0 spiro atoms. The first-order chi connectivity index (χ1) is 16.6. The van der Waals surface area contributed by atoms with Crippen molar-refractivity contribution >= 4 is 39.5 Å². The van der Waals surface area contributed by atoms with Crippen LogP contribution in [0, 0.1) is 6.92 Å². The van der Waals surface area contributed by atoms with Gasteiger partial charge in [0.15, 0.2) is 0 Å². The Morgan fingerprint density at radius 1 is 0.829 bits per heavy atom. The van der Waals surface area contributed by atoms with Gasteiger partial charge >= 0.3 is 0 Å². The zero-order valence-electron chi connectivity index (χ0n) is 19.0. The van der Waals surface area contributed by atoms with Gasteiger partial charge in [-0.2, -0.15) is 0 Å². The number of hydrogen-bond donors (Lipinski definition) is 4. The van der Waals surface area contributed by atoms with Crippen LogP contribution < -0.4 is 20.9 Å². The van der Waals surface area contributed by atoms with E-state index in [4.69, 9.17) is 0 Å². The summed E-state index contributed by atoms with van der Waals surface area (Å²) in [4.78, 5) is 38.8. The van der Waals surface area contributed by atoms with Crippen LogP contribution in [0.3, 0.4) is 0 Å². The summed E-state index contributed by atoms with van der Waals surface area (Å²) in [5.74, 6) is -1.66. The number of hydrazine groups is 1. The van der Waals surface area contributed by atoms with Gasteiger partial charge in [0, 0.05) is 18.2 Å². The van der Waals surface area contributed by atoms with E-state index in [1.54, 1.807) is 66.7 Å². The van der Waals surface area contributed by atoms with Gasteiger partial charge in [0.25, 0.3) is 21.8 Å². The SMILES string of the molecule is CC(=O)Nc1ccc(C=C(NC(=O)c2ccccc2)C(=O)NNS(=O)(=O)c2ccc(C)cc2)cc1. The minimum atomic E-state index is -4.04. The number of anilines is 1. The van der Waals surface area contributed by atoms with Crippen molar-refractivity contribution in [2.24, 2.45) is 0 Å². The molecule has 10 heteroatoms. The lowest BCUT2D eigenvalue weighted by atomic mass is 10.1. The van der Waals surface area contributed by atoms with E-state index in [-0.39, 0.29) is 16.5 Å². The van der Waals surface area contributed by atoms with Gasteiger partial charge in [-0.05, 0) is 55.0 Å². The van der Waals surface area contributed by atoms with Crippen molar-refractivity contribution in [1.82, 2.24) is 15.6 Å². The molecule has 0 atom stereocenters. The van der Waals surface area contributed by atoms with Crippen LogP contribution in [0.5, 0.6) is 0 Å². The highest BCUT2D eigenvalue weighted by molar-refractivity contribution is 7.89. The molecule has 0 radical (unpaired) electrons. The summed E-state index contributed by atoms with van der Waals surface area (Å²) in [5.41, 5.74) is 4.21. The molecule has 0 aromatic heterocycles. The van der Waals surface area contributed by atoms with Crippen LogP contribution in [0.2, 0.25) is 0 Å². The molecule has 3 aromatic rings. The highest BCUT2D eigenvalue weighted by atomic mass is 32.2. The third-order valence-corrected chi connectivity index (χ3v) is 5.96. The predicted molar refractivity (Wildman–Crippen MR) is 132 cm³/mol. The zero-order valence-corrected chi connectivity index (χ0v) is 19.8. The third kappa shape index (κ3) is 7.36. The maximum absolute atomic E-state index is 12.9. The molecule has 3 rings (SSSR count). The Morgan fingerprint density at radius 2 is 1.46 bits per heavy atom. The number of hydrogen-bond acceptors (Lipinski definition) is 5. The van der Waals surface area contributed by atoms with E-state index in [9.17, 15) is 22.8 Å². The molecule has 0 saturated carbocycles. The Hall–Kier alpha value is -4.28. The van der Waals surface area contributed by atoms with Crippen LogP contribution >= 0.6 is 0 Å². The molecule has 0 aliphatic carbocycles. The van der Waals surface area contributed by atoms with Crippen molar-refractivity contribution in [3.63, 3.8) is 0 Å². The molecule has 0 aliphatic rings. The van der Waals surface area contributed by atoms with Crippen LogP contribution in [-0.2, 0) is 19.6 Å². The monoisotopic (exact) mass is 492 g/mol. The number of rotatable bonds is 8. The second kappa shape index (κ2) is 11.2. The van der Waals surface area contributed by atoms with Gasteiger partial charge in [-0.25, -0.2) is 8.42 Å². The number of amides is 3. The van der Waals surface area contributed by atoms with E-state index in [0.717, 1.165) is 5.56 Å². The van der Waals surface area contributed by atoms with Crippen LogP contribution in [0.4, 0.5) is 5.69 Å². The van der Waals surface area contributed by atoms with Crippen molar-refractivity contribution in [2.45, 2.75) is 18.7 Å². The van der Waals surface area contributed by atoms with E-state index in [1.807, 2.05) is 11.8 Å². The molecule has 35 heavy (non-hydrogen) atoms. The molecule has 4 N–H and O–H groups in total. The summed E-state index contributed by atoms with van der Waals surface area (Å²) in [6.45, 7) is 3.20. The van der Waals surface area contributed by atoms with E-state index in [2.05, 4.69) is 16.1 Å². The molecule has 3 amide bonds. The molecular weight excluding hydrogens is 468 g/mol. The number of nitrogens with one attached hydrogen (secondary N) is 4. The van der Waals surface area contributed by atoms with Gasteiger partial charge in [-0.1, -0.05) is 48.0 Å². The first-order valence-corrected chi connectivity index (χ1v) is 12.0. The standard InChI is InChI=1S/C25H24N4O5S/c1-17-8-14-22(15-9-17)35(33,34)29-28-25(32)23(27-24(31)20-6-4-3-5-7-20)16-19-10-12-21(13-11-19)26-18(2)30/h3-16,29H,1-2H3,(H,26,30)(H,27,31)(H,28,32). The summed E-state index contributed by atoms with van der Waals surface area (Å²) in [6, 6.07) is 20.8. The van der Waals surface area contributed by atoms with Crippen LogP contribution in [0.15, 0.2) is 89.5 Å². The summed E-state index contributed by atoms with van der Waals surface area (Å²) < 4.78 is 25.1. The van der Waals surface area contributed by atoms with Gasteiger partial charge in [0.05, 0.1) is 4.90 Å². The molecule has 0 unspecified atom stereocenters. The summed E-state index contributed by atoms with van der Waals surface area (Å²) >= 11 is 0. The lowest BCUT2D eigenvalue weighted by molar-refractivity contribution is -0.118. The van der Waals surface area contributed by atoms with Gasteiger partial charge in [0.1, 0.15) is 5.70 Å².